The van der Waals surface area contributed by atoms with Crippen LogP contribution in [-0.4, -0.2) is 36.1 Å². The Morgan fingerprint density at radius 1 is 1.22 bits per heavy atom. The molecule has 1 unspecified atom stereocenters. The van der Waals surface area contributed by atoms with Gasteiger partial charge in [0.25, 0.3) is 0 Å². The van der Waals surface area contributed by atoms with E-state index in [0.29, 0.717) is 6.42 Å². The van der Waals surface area contributed by atoms with E-state index < -0.39 is 6.10 Å². The maximum Gasteiger partial charge on any atom is 0.239 e. The minimum Gasteiger partial charge on any atom is -0.391 e. The average molecular weight is 250 g/mol. The first-order chi connectivity index (χ1) is 8.58. The van der Waals surface area contributed by atoms with Crippen molar-refractivity contribution in [1.82, 2.24) is 10.6 Å². The summed E-state index contributed by atoms with van der Waals surface area (Å²) in [7, 11) is 0. The monoisotopic (exact) mass is 250 g/mol. The number of benzene rings is 1. The molecule has 98 valence electrons. The van der Waals surface area contributed by atoms with Gasteiger partial charge in [0, 0.05) is 19.9 Å². The fourth-order valence-electron chi connectivity index (χ4n) is 1.46. The molecule has 0 spiro atoms. The lowest BCUT2D eigenvalue weighted by molar-refractivity contribution is -0.125. The van der Waals surface area contributed by atoms with Gasteiger partial charge in [-0.1, -0.05) is 30.3 Å². The van der Waals surface area contributed by atoms with Gasteiger partial charge in [0.15, 0.2) is 0 Å². The summed E-state index contributed by atoms with van der Waals surface area (Å²) in [6.45, 7) is 1.46. The van der Waals surface area contributed by atoms with E-state index in [-0.39, 0.29) is 24.9 Å². The molecule has 0 aliphatic rings. The van der Waals surface area contributed by atoms with Crippen molar-refractivity contribution < 1.29 is 14.7 Å². The molecule has 0 fully saturated rings. The molecule has 0 heterocycles. The Morgan fingerprint density at radius 3 is 2.50 bits per heavy atom. The summed E-state index contributed by atoms with van der Waals surface area (Å²) in [5, 5.41) is 14.7. The van der Waals surface area contributed by atoms with E-state index >= 15 is 0 Å². The van der Waals surface area contributed by atoms with Crippen LogP contribution in [-0.2, 0) is 16.0 Å². The summed E-state index contributed by atoms with van der Waals surface area (Å²) in [5.74, 6) is -0.563. The highest BCUT2D eigenvalue weighted by molar-refractivity contribution is 5.83. The van der Waals surface area contributed by atoms with Gasteiger partial charge >= 0.3 is 0 Å². The molecule has 5 nitrogen and oxygen atoms in total. The van der Waals surface area contributed by atoms with Crippen molar-refractivity contribution in [2.24, 2.45) is 0 Å². The highest BCUT2D eigenvalue weighted by Gasteiger charge is 2.08. The van der Waals surface area contributed by atoms with E-state index in [4.69, 9.17) is 0 Å². The maximum absolute atomic E-state index is 11.3. The van der Waals surface area contributed by atoms with E-state index in [0.717, 1.165) is 5.56 Å². The van der Waals surface area contributed by atoms with Crippen LogP contribution in [0.15, 0.2) is 30.3 Å². The van der Waals surface area contributed by atoms with Gasteiger partial charge in [-0.2, -0.15) is 0 Å². The zero-order valence-electron chi connectivity index (χ0n) is 10.3. The summed E-state index contributed by atoms with van der Waals surface area (Å²) in [6, 6.07) is 9.55. The van der Waals surface area contributed by atoms with Crippen LogP contribution < -0.4 is 10.6 Å². The highest BCUT2D eigenvalue weighted by atomic mass is 16.3. The Hall–Kier alpha value is -1.88. The second kappa shape index (κ2) is 7.45. The van der Waals surface area contributed by atoms with Crippen molar-refractivity contribution in [3.05, 3.63) is 35.9 Å². The van der Waals surface area contributed by atoms with E-state index in [2.05, 4.69) is 10.6 Å². The van der Waals surface area contributed by atoms with Gasteiger partial charge < -0.3 is 15.7 Å². The third-order valence-corrected chi connectivity index (χ3v) is 2.35. The van der Waals surface area contributed by atoms with Crippen molar-refractivity contribution in [2.45, 2.75) is 19.4 Å². The van der Waals surface area contributed by atoms with Crippen LogP contribution in [0.2, 0.25) is 0 Å². The second-order valence-corrected chi connectivity index (χ2v) is 4.06. The van der Waals surface area contributed by atoms with Crippen molar-refractivity contribution in [2.75, 3.05) is 13.1 Å². The van der Waals surface area contributed by atoms with Crippen LogP contribution in [0.1, 0.15) is 12.5 Å². The number of hydrogen-bond acceptors (Lipinski definition) is 3. The Balaban J connectivity index is 2.22. The van der Waals surface area contributed by atoms with E-state index in [1.54, 1.807) is 0 Å². The number of carbonyl (C=O) groups is 2. The van der Waals surface area contributed by atoms with Crippen LogP contribution in [0, 0.1) is 0 Å². The lowest BCUT2D eigenvalue weighted by atomic mass is 10.1. The lowest BCUT2D eigenvalue weighted by Gasteiger charge is -2.12. The molecule has 0 saturated heterocycles. The molecule has 1 aromatic carbocycles. The summed E-state index contributed by atoms with van der Waals surface area (Å²) >= 11 is 0. The average Bonchev–Trinajstić information content (AvgIpc) is 2.35. The smallest absolute Gasteiger partial charge is 0.239 e. The van der Waals surface area contributed by atoms with Gasteiger partial charge in [-0.3, -0.25) is 9.59 Å². The first-order valence-electron chi connectivity index (χ1n) is 5.81. The molecule has 2 amide bonds. The maximum atomic E-state index is 11.3. The van der Waals surface area contributed by atoms with Crippen LogP contribution in [0.25, 0.3) is 0 Å². The number of rotatable bonds is 6. The SMILES string of the molecule is CC(=O)NCC(=O)NCC(O)Cc1ccccc1. The van der Waals surface area contributed by atoms with Gasteiger partial charge in [-0.05, 0) is 5.56 Å². The summed E-state index contributed by atoms with van der Waals surface area (Å²) in [5.41, 5.74) is 1.01. The van der Waals surface area contributed by atoms with Crippen molar-refractivity contribution >= 4 is 11.8 Å². The first kappa shape index (κ1) is 14.2. The molecular formula is C13H18N2O3. The molecule has 1 atom stereocenters. The van der Waals surface area contributed by atoms with Crippen molar-refractivity contribution in [3.63, 3.8) is 0 Å². The van der Waals surface area contributed by atoms with Gasteiger partial charge in [-0.15, -0.1) is 0 Å². The molecule has 0 radical (unpaired) electrons. The lowest BCUT2D eigenvalue weighted by Crippen LogP contribution is -2.39. The van der Waals surface area contributed by atoms with E-state index in [9.17, 15) is 14.7 Å². The third-order valence-electron chi connectivity index (χ3n) is 2.35. The van der Waals surface area contributed by atoms with Crippen molar-refractivity contribution in [1.29, 1.82) is 0 Å². The molecule has 5 heteroatoms. The minimum absolute atomic E-state index is 0.0621. The number of nitrogens with one attached hydrogen (secondary N) is 2. The van der Waals surface area contributed by atoms with E-state index in [1.165, 1.54) is 6.92 Å². The predicted molar refractivity (Wildman–Crippen MR) is 67.8 cm³/mol. The van der Waals surface area contributed by atoms with Crippen LogP contribution in [0.5, 0.6) is 0 Å². The molecule has 0 bridgehead atoms. The van der Waals surface area contributed by atoms with Crippen molar-refractivity contribution in [3.8, 4) is 0 Å². The molecule has 1 rings (SSSR count). The predicted octanol–water partition coefficient (Wildman–Crippen LogP) is -0.158. The van der Waals surface area contributed by atoms with E-state index in [1.807, 2.05) is 30.3 Å². The molecule has 1 aromatic rings. The van der Waals surface area contributed by atoms with Crippen LogP contribution >= 0.6 is 0 Å². The highest BCUT2D eigenvalue weighted by Crippen LogP contribution is 2.02. The summed E-state index contributed by atoms with van der Waals surface area (Å²) in [4.78, 5) is 21.9. The first-order valence-corrected chi connectivity index (χ1v) is 5.81. The van der Waals surface area contributed by atoms with Gasteiger partial charge in [0.1, 0.15) is 0 Å². The largest absolute Gasteiger partial charge is 0.391 e. The van der Waals surface area contributed by atoms with Crippen LogP contribution in [0.3, 0.4) is 0 Å². The Bertz CT molecular complexity index is 392. The van der Waals surface area contributed by atoms with Gasteiger partial charge in [0.05, 0.1) is 12.6 Å². The normalized spacial score (nSPS) is 11.7. The minimum atomic E-state index is -0.631. The fraction of sp³-hybridized carbons (Fsp3) is 0.385. The molecule has 3 N–H and O–H groups in total. The van der Waals surface area contributed by atoms with Gasteiger partial charge in [0.2, 0.25) is 11.8 Å². The topological polar surface area (TPSA) is 78.4 Å². The Kier molecular flexibility index (Phi) is 5.87. The number of aliphatic hydroxyl groups is 1. The number of amides is 2. The zero-order valence-corrected chi connectivity index (χ0v) is 10.3. The number of carbonyl (C=O) groups excluding carboxylic acids is 2. The zero-order chi connectivity index (χ0) is 13.4. The molecule has 18 heavy (non-hydrogen) atoms. The van der Waals surface area contributed by atoms with Gasteiger partial charge in [-0.25, -0.2) is 0 Å². The third kappa shape index (κ3) is 6.00. The molecular weight excluding hydrogens is 232 g/mol. The summed E-state index contributed by atoms with van der Waals surface area (Å²) < 4.78 is 0. The molecule has 0 aliphatic carbocycles. The molecule has 0 saturated carbocycles. The fourth-order valence-corrected chi connectivity index (χ4v) is 1.46. The van der Waals surface area contributed by atoms with Crippen LogP contribution in [0.4, 0.5) is 0 Å². The summed E-state index contributed by atoms with van der Waals surface area (Å²) in [6.07, 6.45) is -0.143. The number of aliphatic hydroxyl groups excluding tert-OH is 1. The quantitative estimate of drug-likeness (QED) is 0.656. The molecule has 0 aromatic heterocycles. The second-order valence-electron chi connectivity index (χ2n) is 4.06. The molecule has 0 aliphatic heterocycles. The Morgan fingerprint density at radius 2 is 1.89 bits per heavy atom. The standard InChI is InChI=1S/C13H18N2O3/c1-10(16)14-9-13(18)15-8-12(17)7-11-5-3-2-4-6-11/h2-6,12,17H,7-9H2,1H3,(H,14,16)(H,15,18). The number of hydrogen-bond donors (Lipinski definition) is 3. The Labute approximate surface area is 106 Å².